The van der Waals surface area contributed by atoms with Gasteiger partial charge in [0.15, 0.2) is 0 Å². The maximum absolute atomic E-state index is 13.5. The van der Waals surface area contributed by atoms with Crippen molar-refractivity contribution in [3.05, 3.63) is 49.1 Å². The lowest BCUT2D eigenvalue weighted by Gasteiger charge is -2.30. The first-order chi connectivity index (χ1) is 15.8. The van der Waals surface area contributed by atoms with E-state index < -0.39 is 0 Å². The third-order valence-corrected chi connectivity index (χ3v) is 9.54. The summed E-state index contributed by atoms with van der Waals surface area (Å²) in [5.74, 6) is -2.00. The van der Waals surface area contributed by atoms with Gasteiger partial charge >= 0.3 is 0 Å². The Morgan fingerprint density at radius 3 is 2.45 bits per heavy atom. The highest BCUT2D eigenvalue weighted by molar-refractivity contribution is 6.10. The molecule has 0 spiro atoms. The van der Waals surface area contributed by atoms with E-state index in [1.165, 1.54) is 15.4 Å². The van der Waals surface area contributed by atoms with E-state index in [-0.39, 0.29) is 83.1 Å². The Bertz CT molecular complexity index is 1070. The van der Waals surface area contributed by atoms with Gasteiger partial charge in [0.1, 0.15) is 6.67 Å². The molecule has 4 fully saturated rings. The van der Waals surface area contributed by atoms with E-state index in [0.717, 1.165) is 25.7 Å². The Hall–Kier alpha value is -2.76. The van der Waals surface area contributed by atoms with Crippen molar-refractivity contribution in [1.82, 2.24) is 9.80 Å². The van der Waals surface area contributed by atoms with Crippen LogP contribution in [-0.4, -0.2) is 40.1 Å². The largest absolute Gasteiger partial charge is 0.274 e. The number of nitrogens with zero attached hydrogens (tertiary/aromatic N) is 2. The van der Waals surface area contributed by atoms with Gasteiger partial charge in [0.2, 0.25) is 23.6 Å². The molecule has 0 radical (unpaired) electrons. The van der Waals surface area contributed by atoms with Crippen LogP contribution in [0.15, 0.2) is 49.1 Å². The van der Waals surface area contributed by atoms with Gasteiger partial charge in [0.05, 0.1) is 23.7 Å². The van der Waals surface area contributed by atoms with Gasteiger partial charge < -0.3 is 0 Å². The van der Waals surface area contributed by atoms with Crippen LogP contribution in [0.5, 0.6) is 0 Å². The molecular weight excluding hydrogens is 416 g/mol. The average Bonchev–Trinajstić information content (AvgIpc) is 3.63. The molecule has 4 aliphatic carbocycles. The van der Waals surface area contributed by atoms with Crippen molar-refractivity contribution < 1.29 is 19.2 Å². The minimum absolute atomic E-state index is 0.0565. The molecule has 0 aromatic carbocycles. The fourth-order valence-electron chi connectivity index (χ4n) is 8.03. The van der Waals surface area contributed by atoms with Crippen LogP contribution < -0.4 is 0 Å². The van der Waals surface area contributed by atoms with Crippen molar-refractivity contribution in [1.29, 1.82) is 0 Å². The molecule has 0 aromatic rings. The van der Waals surface area contributed by atoms with Crippen LogP contribution in [0.3, 0.4) is 0 Å². The highest BCUT2D eigenvalue weighted by atomic mass is 16.2. The Balaban J connectivity index is 1.24. The maximum Gasteiger partial charge on any atom is 0.235 e. The number of carbonyl (C=O) groups excluding carboxylic acids is 4. The Labute approximate surface area is 194 Å². The van der Waals surface area contributed by atoms with Crippen LogP contribution in [0, 0.1) is 52.8 Å². The minimum Gasteiger partial charge on any atom is -0.274 e. The third kappa shape index (κ3) is 2.50. The first-order valence-electron chi connectivity index (χ1n) is 12.2. The van der Waals surface area contributed by atoms with E-state index in [4.69, 9.17) is 0 Å². The monoisotopic (exact) mass is 446 g/mol. The molecule has 6 aliphatic rings. The number of imide groups is 2. The lowest BCUT2D eigenvalue weighted by molar-refractivity contribution is -0.150. The lowest BCUT2D eigenvalue weighted by atomic mass is 9.72. The average molecular weight is 447 g/mol. The molecule has 172 valence electrons. The molecule has 2 aliphatic heterocycles. The zero-order chi connectivity index (χ0) is 23.2. The Morgan fingerprint density at radius 2 is 1.73 bits per heavy atom. The topological polar surface area (TPSA) is 74.8 Å². The summed E-state index contributed by atoms with van der Waals surface area (Å²) in [5, 5.41) is 0. The molecule has 0 aromatic heterocycles. The van der Waals surface area contributed by atoms with E-state index in [1.54, 1.807) is 0 Å². The van der Waals surface area contributed by atoms with E-state index in [2.05, 4.69) is 38.3 Å². The fourth-order valence-corrected chi connectivity index (χ4v) is 8.03. The van der Waals surface area contributed by atoms with Gasteiger partial charge in [-0.2, -0.15) is 0 Å². The van der Waals surface area contributed by atoms with Crippen molar-refractivity contribution >= 4 is 23.6 Å². The molecule has 6 nitrogen and oxygen atoms in total. The highest BCUT2D eigenvalue weighted by Gasteiger charge is 2.67. The van der Waals surface area contributed by atoms with Crippen molar-refractivity contribution in [2.24, 2.45) is 52.8 Å². The van der Waals surface area contributed by atoms with E-state index in [0.29, 0.717) is 0 Å². The van der Waals surface area contributed by atoms with Gasteiger partial charge in [0, 0.05) is 5.41 Å². The first kappa shape index (κ1) is 20.8. The van der Waals surface area contributed by atoms with Gasteiger partial charge in [-0.1, -0.05) is 42.9 Å². The molecule has 6 rings (SSSR count). The van der Waals surface area contributed by atoms with Crippen molar-refractivity contribution in [3.8, 4) is 0 Å². The Kier molecular flexibility index (Phi) is 4.34. The van der Waals surface area contributed by atoms with Crippen molar-refractivity contribution in [2.75, 3.05) is 6.67 Å². The zero-order valence-corrected chi connectivity index (χ0v) is 19.0. The third-order valence-electron chi connectivity index (χ3n) is 9.54. The number of likely N-dealkylation sites (tertiary alicyclic amines) is 2. The number of carbonyl (C=O) groups is 4. The van der Waals surface area contributed by atoms with Crippen LogP contribution in [0.1, 0.15) is 32.6 Å². The van der Waals surface area contributed by atoms with Gasteiger partial charge in [-0.05, 0) is 49.4 Å². The molecule has 4 amide bonds. The van der Waals surface area contributed by atoms with Crippen LogP contribution in [0.2, 0.25) is 0 Å². The standard InChI is InChI=1S/C27H30N2O4/c1-4-6-8-27-9-7-15(12-27)20-22(27)26(33)29(24(20)31)13-28-23(30)19-16-10-17(14(3)5-2)18(11-16)21(19)25(28)32/h4-5,7,9-10,14-16,18-22H,1-2,6,8,11-13H2,3H3. The molecular formula is C27H30N2O4. The second-order valence-electron chi connectivity index (χ2n) is 10.9. The zero-order valence-electron chi connectivity index (χ0n) is 19.0. The first-order valence-corrected chi connectivity index (χ1v) is 12.2. The molecule has 0 N–H and O–H groups in total. The van der Waals surface area contributed by atoms with Gasteiger partial charge in [-0.3, -0.25) is 29.0 Å². The number of rotatable bonds is 7. The molecule has 2 saturated heterocycles. The summed E-state index contributed by atoms with van der Waals surface area (Å²) in [7, 11) is 0. The number of hydrogen-bond acceptors (Lipinski definition) is 4. The summed E-state index contributed by atoms with van der Waals surface area (Å²) in [6.45, 7) is 9.53. The second kappa shape index (κ2) is 6.87. The highest BCUT2D eigenvalue weighted by Crippen LogP contribution is 2.62. The van der Waals surface area contributed by atoms with Gasteiger partial charge in [-0.25, -0.2) is 0 Å². The lowest BCUT2D eigenvalue weighted by Crippen LogP contribution is -2.46. The Morgan fingerprint density at radius 1 is 1.03 bits per heavy atom. The van der Waals surface area contributed by atoms with Crippen LogP contribution in [-0.2, 0) is 19.2 Å². The normalized spacial score (nSPS) is 42.9. The molecule has 6 heteroatoms. The molecule has 9 atom stereocenters. The molecule has 2 saturated carbocycles. The fraction of sp³-hybridized carbons (Fsp3) is 0.556. The molecule has 9 unspecified atom stereocenters. The summed E-state index contributed by atoms with van der Waals surface area (Å²) in [4.78, 5) is 56.0. The predicted molar refractivity (Wildman–Crippen MR) is 121 cm³/mol. The summed E-state index contributed by atoms with van der Waals surface area (Å²) in [6.07, 6.45) is 13.3. The molecule has 33 heavy (non-hydrogen) atoms. The van der Waals surface area contributed by atoms with Gasteiger partial charge in [0.25, 0.3) is 0 Å². The number of allylic oxidation sites excluding steroid dienone is 6. The van der Waals surface area contributed by atoms with Crippen LogP contribution in [0.25, 0.3) is 0 Å². The van der Waals surface area contributed by atoms with Gasteiger partial charge in [-0.15, -0.1) is 13.2 Å². The molecule has 4 bridgehead atoms. The minimum atomic E-state index is -0.384. The summed E-state index contributed by atoms with van der Waals surface area (Å²) in [6, 6.07) is 0. The van der Waals surface area contributed by atoms with Crippen LogP contribution >= 0.6 is 0 Å². The summed E-state index contributed by atoms with van der Waals surface area (Å²) < 4.78 is 0. The smallest absolute Gasteiger partial charge is 0.235 e. The SMILES string of the molecule is C=CCCC12C=CC(C1)C1C(=O)N(CN3C(=O)C4C5C=C(C(C)C=C)C(C5)C4C3=O)C(=O)C12. The number of hydrogen-bond donors (Lipinski definition) is 0. The second-order valence-corrected chi connectivity index (χ2v) is 10.9. The quantitative estimate of drug-likeness (QED) is 0.445. The van der Waals surface area contributed by atoms with Crippen LogP contribution in [0.4, 0.5) is 0 Å². The number of amides is 4. The van der Waals surface area contributed by atoms with E-state index in [9.17, 15) is 19.2 Å². The maximum atomic E-state index is 13.5. The number of fused-ring (bicyclic) bond motifs is 10. The summed E-state index contributed by atoms with van der Waals surface area (Å²) >= 11 is 0. The molecule has 2 heterocycles. The summed E-state index contributed by atoms with van der Waals surface area (Å²) in [5.41, 5.74) is 0.896. The van der Waals surface area contributed by atoms with Crippen molar-refractivity contribution in [3.63, 3.8) is 0 Å². The van der Waals surface area contributed by atoms with E-state index >= 15 is 0 Å². The van der Waals surface area contributed by atoms with Crippen molar-refractivity contribution in [2.45, 2.75) is 32.6 Å². The van der Waals surface area contributed by atoms with E-state index in [1.807, 2.05) is 12.2 Å². The predicted octanol–water partition coefficient (Wildman–Crippen LogP) is 3.09.